The number of carbonyl (C=O) groups excluding carboxylic acids is 1. The maximum absolute atomic E-state index is 9.99. The average Bonchev–Trinajstić information content (AvgIpc) is 2.18. The third-order valence-electron chi connectivity index (χ3n) is 1.32. The summed E-state index contributed by atoms with van der Waals surface area (Å²) < 4.78 is 4.54. The number of nitriles is 1. The van der Waals surface area contributed by atoms with Crippen molar-refractivity contribution in [3.63, 3.8) is 0 Å². The van der Waals surface area contributed by atoms with Crippen molar-refractivity contribution in [2.24, 2.45) is 0 Å². The van der Waals surface area contributed by atoms with Crippen LogP contribution in [0.4, 0.5) is 0 Å². The van der Waals surface area contributed by atoms with Gasteiger partial charge in [-0.3, -0.25) is 4.79 Å². The number of hydrogen-bond acceptors (Lipinski definition) is 5. The number of nitrogens with zero attached hydrogens (tertiary/aromatic N) is 2. The Morgan fingerprint density at radius 1 is 1.77 bits per heavy atom. The molecule has 0 saturated heterocycles. The minimum atomic E-state index is 0.282. The number of pyridine rings is 1. The zero-order valence-electron chi connectivity index (χ0n) is 6.85. The standard InChI is InChI=1S/C8H6N2O2S/c1-13-8-6(3-9)2-7(4-10-8)12-5-11/h2,4-5H,1H3. The van der Waals surface area contributed by atoms with Gasteiger partial charge in [-0.05, 0) is 6.26 Å². The molecule has 66 valence electrons. The summed E-state index contributed by atoms with van der Waals surface area (Å²) in [5.41, 5.74) is 0.409. The van der Waals surface area contributed by atoms with Crippen molar-refractivity contribution in [2.75, 3.05) is 6.26 Å². The number of carbonyl (C=O) groups is 1. The van der Waals surface area contributed by atoms with E-state index in [1.54, 1.807) is 0 Å². The van der Waals surface area contributed by atoms with Crippen LogP contribution in [0.3, 0.4) is 0 Å². The Hall–Kier alpha value is -1.54. The predicted molar refractivity (Wildman–Crippen MR) is 47.4 cm³/mol. The summed E-state index contributed by atoms with van der Waals surface area (Å²) in [7, 11) is 0. The van der Waals surface area contributed by atoms with E-state index in [2.05, 4.69) is 9.72 Å². The van der Waals surface area contributed by atoms with Gasteiger partial charge in [0.1, 0.15) is 16.8 Å². The molecule has 0 amide bonds. The average molecular weight is 194 g/mol. The van der Waals surface area contributed by atoms with Gasteiger partial charge in [-0.15, -0.1) is 11.8 Å². The Kier molecular flexibility index (Phi) is 3.29. The van der Waals surface area contributed by atoms with Crippen LogP contribution in [0.1, 0.15) is 5.56 Å². The van der Waals surface area contributed by atoms with Crippen molar-refractivity contribution in [3.05, 3.63) is 17.8 Å². The third-order valence-corrected chi connectivity index (χ3v) is 2.04. The zero-order chi connectivity index (χ0) is 9.68. The van der Waals surface area contributed by atoms with E-state index >= 15 is 0 Å². The molecule has 1 heterocycles. The smallest absolute Gasteiger partial charge is 0.298 e. The molecule has 0 atom stereocenters. The van der Waals surface area contributed by atoms with E-state index in [9.17, 15) is 4.79 Å². The zero-order valence-corrected chi connectivity index (χ0v) is 7.67. The molecule has 0 aliphatic heterocycles. The normalized spacial score (nSPS) is 8.92. The number of rotatable bonds is 3. The van der Waals surface area contributed by atoms with Crippen molar-refractivity contribution >= 4 is 18.2 Å². The Bertz CT molecular complexity index is 360. The largest absolute Gasteiger partial charge is 0.427 e. The second kappa shape index (κ2) is 4.48. The first-order valence-corrected chi connectivity index (χ1v) is 4.58. The summed E-state index contributed by atoms with van der Waals surface area (Å²) in [6, 6.07) is 3.45. The molecule has 1 aromatic rings. The lowest BCUT2D eigenvalue weighted by Crippen LogP contribution is -1.92. The number of thioether (sulfide) groups is 1. The number of aromatic nitrogens is 1. The van der Waals surface area contributed by atoms with Gasteiger partial charge in [0.2, 0.25) is 0 Å². The second-order valence-corrected chi connectivity index (χ2v) is 2.85. The Morgan fingerprint density at radius 2 is 2.54 bits per heavy atom. The minimum Gasteiger partial charge on any atom is -0.427 e. The first-order chi connectivity index (χ1) is 6.31. The van der Waals surface area contributed by atoms with Crippen LogP contribution in [0.15, 0.2) is 17.3 Å². The highest BCUT2D eigenvalue weighted by atomic mass is 32.2. The van der Waals surface area contributed by atoms with Gasteiger partial charge in [0.25, 0.3) is 6.47 Å². The monoisotopic (exact) mass is 194 g/mol. The van der Waals surface area contributed by atoms with Gasteiger partial charge in [-0.2, -0.15) is 5.26 Å². The molecule has 0 spiro atoms. The van der Waals surface area contributed by atoms with Gasteiger partial charge in [0.05, 0.1) is 11.8 Å². The fraction of sp³-hybridized carbons (Fsp3) is 0.125. The molecule has 4 nitrogen and oxygen atoms in total. The van der Waals surface area contributed by atoms with Crippen LogP contribution in [0.5, 0.6) is 5.75 Å². The molecule has 5 heteroatoms. The highest BCUT2D eigenvalue weighted by Crippen LogP contribution is 2.20. The maximum Gasteiger partial charge on any atom is 0.298 e. The van der Waals surface area contributed by atoms with Crippen LogP contribution in [-0.4, -0.2) is 17.7 Å². The van der Waals surface area contributed by atoms with Gasteiger partial charge in [-0.1, -0.05) is 0 Å². The van der Waals surface area contributed by atoms with Crippen LogP contribution in [-0.2, 0) is 4.79 Å². The SMILES string of the molecule is CSc1ncc(OC=O)cc1C#N. The Balaban J connectivity index is 3.07. The number of ether oxygens (including phenoxy) is 1. The first-order valence-electron chi connectivity index (χ1n) is 3.36. The molecular formula is C8H6N2O2S. The van der Waals surface area contributed by atoms with E-state index in [4.69, 9.17) is 5.26 Å². The molecule has 13 heavy (non-hydrogen) atoms. The lowest BCUT2D eigenvalue weighted by molar-refractivity contribution is -0.120. The highest BCUT2D eigenvalue weighted by molar-refractivity contribution is 7.98. The fourth-order valence-corrected chi connectivity index (χ4v) is 1.28. The highest BCUT2D eigenvalue weighted by Gasteiger charge is 2.04. The van der Waals surface area contributed by atoms with E-state index in [1.165, 1.54) is 24.0 Å². The molecule has 0 bridgehead atoms. The van der Waals surface area contributed by atoms with Crippen molar-refractivity contribution in [2.45, 2.75) is 5.03 Å². The molecule has 0 radical (unpaired) electrons. The summed E-state index contributed by atoms with van der Waals surface area (Å²) in [4.78, 5) is 13.9. The van der Waals surface area contributed by atoms with Gasteiger partial charge >= 0.3 is 0 Å². The van der Waals surface area contributed by atoms with Crippen molar-refractivity contribution < 1.29 is 9.53 Å². The summed E-state index contributed by atoms with van der Waals surface area (Å²) in [5, 5.41) is 9.32. The first kappa shape index (κ1) is 9.55. The van der Waals surface area contributed by atoms with Gasteiger partial charge < -0.3 is 4.74 Å². The minimum absolute atomic E-state index is 0.282. The number of hydrogen-bond donors (Lipinski definition) is 0. The molecule has 0 aliphatic rings. The molecule has 0 saturated carbocycles. The van der Waals surface area contributed by atoms with E-state index in [0.29, 0.717) is 17.1 Å². The molecule has 0 unspecified atom stereocenters. The van der Waals surface area contributed by atoms with Crippen LogP contribution < -0.4 is 4.74 Å². The fourth-order valence-electron chi connectivity index (χ4n) is 0.796. The van der Waals surface area contributed by atoms with Crippen molar-refractivity contribution in [1.29, 1.82) is 5.26 Å². The van der Waals surface area contributed by atoms with Gasteiger partial charge in [0, 0.05) is 6.07 Å². The third kappa shape index (κ3) is 2.20. The van der Waals surface area contributed by atoms with Crippen molar-refractivity contribution in [1.82, 2.24) is 4.98 Å². The van der Waals surface area contributed by atoms with Crippen LogP contribution >= 0.6 is 11.8 Å². The van der Waals surface area contributed by atoms with Crippen LogP contribution in [0, 0.1) is 11.3 Å². The lowest BCUT2D eigenvalue weighted by Gasteiger charge is -2.00. The predicted octanol–water partition coefficient (Wildman–Crippen LogP) is 1.21. The van der Waals surface area contributed by atoms with E-state index < -0.39 is 0 Å². The lowest BCUT2D eigenvalue weighted by atomic mass is 10.3. The molecule has 0 aromatic carbocycles. The quantitative estimate of drug-likeness (QED) is 0.534. The Labute approximate surface area is 79.5 Å². The summed E-state index contributed by atoms with van der Waals surface area (Å²) in [6.07, 6.45) is 3.23. The van der Waals surface area contributed by atoms with Gasteiger partial charge in [0.15, 0.2) is 0 Å². The molecule has 0 aliphatic carbocycles. The van der Waals surface area contributed by atoms with Crippen molar-refractivity contribution in [3.8, 4) is 11.8 Å². The van der Waals surface area contributed by atoms with E-state index in [0.717, 1.165) is 0 Å². The molecule has 1 aromatic heterocycles. The topological polar surface area (TPSA) is 63.0 Å². The summed E-state index contributed by atoms with van der Waals surface area (Å²) >= 11 is 1.37. The Morgan fingerprint density at radius 3 is 3.08 bits per heavy atom. The van der Waals surface area contributed by atoms with Crippen LogP contribution in [0.2, 0.25) is 0 Å². The summed E-state index contributed by atoms with van der Waals surface area (Å²) in [5.74, 6) is 0.282. The van der Waals surface area contributed by atoms with Gasteiger partial charge in [-0.25, -0.2) is 4.98 Å². The molecular weight excluding hydrogens is 188 g/mol. The molecule has 1 rings (SSSR count). The van der Waals surface area contributed by atoms with Crippen LogP contribution in [0.25, 0.3) is 0 Å². The molecule has 0 fully saturated rings. The van der Waals surface area contributed by atoms with E-state index in [-0.39, 0.29) is 5.75 Å². The van der Waals surface area contributed by atoms with E-state index in [1.807, 2.05) is 12.3 Å². The second-order valence-electron chi connectivity index (χ2n) is 2.05. The molecule has 0 N–H and O–H groups in total. The summed E-state index contributed by atoms with van der Waals surface area (Å²) in [6.45, 7) is 0.303. The maximum atomic E-state index is 9.99.